The van der Waals surface area contributed by atoms with E-state index in [2.05, 4.69) is 271 Å². The van der Waals surface area contributed by atoms with Crippen molar-refractivity contribution in [3.63, 3.8) is 0 Å². The highest BCUT2D eigenvalue weighted by molar-refractivity contribution is 6.30. The van der Waals surface area contributed by atoms with E-state index in [-0.39, 0.29) is 11.8 Å². The number of fused-ring (bicyclic) bond motifs is 6. The Morgan fingerprint density at radius 1 is 0.295 bits per heavy atom. The summed E-state index contributed by atoms with van der Waals surface area (Å²) >= 11 is 0. The molecule has 0 bridgehead atoms. The topological polar surface area (TPSA) is 32.8 Å². The Morgan fingerprint density at radius 3 is 1.03 bits per heavy atom. The zero-order valence-corrected chi connectivity index (χ0v) is 45.5. The number of benzene rings is 12. The van der Waals surface area contributed by atoms with Gasteiger partial charge in [0.15, 0.2) is 11.2 Å². The molecule has 12 aromatic carbocycles. The molecule has 0 saturated heterocycles. The first-order valence-corrected chi connectivity index (χ1v) is 27.5. The van der Waals surface area contributed by atoms with Crippen molar-refractivity contribution in [3.05, 3.63) is 240 Å². The molecule has 378 valence electrons. The maximum atomic E-state index is 7.28. The lowest BCUT2D eigenvalue weighted by molar-refractivity contribution is 0.670. The van der Waals surface area contributed by atoms with E-state index >= 15 is 0 Å². The molecule has 78 heavy (non-hydrogen) atoms. The highest BCUT2D eigenvalue weighted by Crippen LogP contribution is 2.54. The molecule has 4 nitrogen and oxygen atoms in total. The van der Waals surface area contributed by atoms with Gasteiger partial charge in [-0.1, -0.05) is 197 Å². The first kappa shape index (κ1) is 47.3. The van der Waals surface area contributed by atoms with Crippen LogP contribution in [0.4, 0.5) is 34.1 Å². The average Bonchev–Trinajstić information content (AvgIpc) is 3.96. The number of anilines is 6. The van der Waals surface area contributed by atoms with Gasteiger partial charge in [-0.2, -0.15) is 0 Å². The van der Waals surface area contributed by atoms with Gasteiger partial charge >= 0.3 is 0 Å². The summed E-state index contributed by atoms with van der Waals surface area (Å²) in [6.45, 7) is 18.0. The van der Waals surface area contributed by atoms with E-state index in [0.29, 0.717) is 0 Å². The second kappa shape index (κ2) is 18.3. The van der Waals surface area contributed by atoms with E-state index in [0.717, 1.165) is 89.1 Å². The first-order valence-electron chi connectivity index (χ1n) is 27.5. The lowest BCUT2D eigenvalue weighted by atomic mass is 9.84. The maximum Gasteiger partial charge on any atom is 0.159 e. The summed E-state index contributed by atoms with van der Waals surface area (Å²) in [5.74, 6) is 0.436. The van der Waals surface area contributed by atoms with Crippen molar-refractivity contribution in [1.82, 2.24) is 0 Å². The maximum absolute atomic E-state index is 7.28. The van der Waals surface area contributed by atoms with Gasteiger partial charge in [0.05, 0.1) is 22.7 Å². The largest absolute Gasteiger partial charge is 0.453 e. The fourth-order valence-electron chi connectivity index (χ4n) is 12.7. The van der Waals surface area contributed by atoms with Gasteiger partial charge in [-0.15, -0.1) is 0 Å². The molecule has 0 unspecified atom stereocenters. The van der Waals surface area contributed by atoms with Gasteiger partial charge in [-0.25, -0.2) is 0 Å². The molecule has 0 aliphatic rings. The molecule has 2 heterocycles. The molecule has 0 aliphatic carbocycles. The Morgan fingerprint density at radius 2 is 0.641 bits per heavy atom. The fraction of sp³-hybridized carbons (Fsp3) is 0.135. The lowest BCUT2D eigenvalue weighted by Crippen LogP contribution is -2.13. The van der Waals surface area contributed by atoms with Gasteiger partial charge in [0.1, 0.15) is 11.2 Å². The minimum atomic E-state index is 0.218. The van der Waals surface area contributed by atoms with E-state index in [1.807, 2.05) is 0 Å². The van der Waals surface area contributed by atoms with E-state index in [4.69, 9.17) is 8.83 Å². The quantitative estimate of drug-likeness (QED) is 0.128. The van der Waals surface area contributed by atoms with Crippen LogP contribution in [0.2, 0.25) is 0 Å². The Hall–Kier alpha value is -9.12. The molecule has 0 aliphatic heterocycles. The number of hydrogen-bond donors (Lipinski definition) is 0. The molecule has 0 atom stereocenters. The summed E-state index contributed by atoms with van der Waals surface area (Å²) in [5, 5.41) is 11.8. The monoisotopic (exact) mass is 1010 g/mol. The summed E-state index contributed by atoms with van der Waals surface area (Å²) in [5.41, 5.74) is 21.8. The SMILES string of the molecule is Cc1ccc(N(c2cc(C(C)C)c3ccc4c(N(c5ccc(C)cc5)c5cccc6c5oc5c(-c7ccccc7C)cccc56)cc(C(C)C)c5ccc2c3c54)c2cccc3c2oc2c(-c4ccccc4C)cccc23)cc1. The van der Waals surface area contributed by atoms with Crippen LogP contribution in [0.15, 0.2) is 215 Å². The fourth-order valence-corrected chi connectivity index (χ4v) is 12.7. The van der Waals surface area contributed by atoms with Crippen LogP contribution in [-0.2, 0) is 0 Å². The zero-order valence-electron chi connectivity index (χ0n) is 45.5. The molecule has 14 aromatic rings. The van der Waals surface area contributed by atoms with Crippen molar-refractivity contribution in [2.75, 3.05) is 9.80 Å². The van der Waals surface area contributed by atoms with Crippen LogP contribution in [-0.4, -0.2) is 0 Å². The molecule has 0 radical (unpaired) electrons. The minimum Gasteiger partial charge on any atom is -0.453 e. The number of rotatable bonds is 10. The normalized spacial score (nSPS) is 12.1. The Balaban J connectivity index is 1.07. The van der Waals surface area contributed by atoms with E-state index in [9.17, 15) is 0 Å². The van der Waals surface area contributed by atoms with E-state index in [1.165, 1.54) is 76.8 Å². The molecular formula is C74H60N2O2. The summed E-state index contributed by atoms with van der Waals surface area (Å²) in [6.07, 6.45) is 0. The predicted octanol–water partition coefficient (Wildman–Crippen LogP) is 22.1. The summed E-state index contributed by atoms with van der Waals surface area (Å²) in [7, 11) is 0. The minimum absolute atomic E-state index is 0.218. The van der Waals surface area contributed by atoms with Gasteiger partial charge in [0.25, 0.3) is 0 Å². The lowest BCUT2D eigenvalue weighted by Gasteiger charge is -2.31. The number of furan rings is 2. The second-order valence-electron chi connectivity index (χ2n) is 22.2. The highest BCUT2D eigenvalue weighted by Gasteiger charge is 2.29. The van der Waals surface area contributed by atoms with Gasteiger partial charge < -0.3 is 18.6 Å². The molecule has 0 amide bonds. The molecule has 14 rings (SSSR count). The highest BCUT2D eigenvalue weighted by atomic mass is 16.3. The third kappa shape index (κ3) is 7.34. The van der Waals surface area contributed by atoms with Crippen molar-refractivity contribution < 1.29 is 8.83 Å². The third-order valence-electron chi connectivity index (χ3n) is 16.6. The smallest absolute Gasteiger partial charge is 0.159 e. The van der Waals surface area contributed by atoms with Crippen molar-refractivity contribution in [3.8, 4) is 22.3 Å². The Kier molecular flexibility index (Phi) is 11.1. The van der Waals surface area contributed by atoms with Crippen LogP contribution in [0, 0.1) is 27.7 Å². The molecular weight excluding hydrogens is 949 g/mol. The standard InChI is InChI=1S/C74H60N2O2/c1-43(2)63-41-67(75(49-33-29-45(5)30-34-49)65-27-15-25-59-57-23-13-21-55(71(57)77-73(59)65)51-19-11-9-17-47(51)7)61-40-38-54-64(44(3)4)42-68(62-39-37-53(63)69(61)70(54)62)76(50-35-31-46(6)32-36-50)66-28-16-26-60-58-24-14-22-56(72(58)78-74(60)66)52-20-12-10-18-48(52)8/h9-44H,1-8H3. The number of aryl methyl sites for hydroxylation is 4. The predicted molar refractivity (Wildman–Crippen MR) is 332 cm³/mol. The zero-order chi connectivity index (χ0) is 53.1. The molecule has 4 heteroatoms. The molecule has 0 N–H and O–H groups in total. The summed E-state index contributed by atoms with van der Waals surface area (Å²) in [6, 6.07) is 76.1. The summed E-state index contributed by atoms with van der Waals surface area (Å²) in [4.78, 5) is 4.93. The Bertz CT molecular complexity index is 4370. The van der Waals surface area contributed by atoms with Crippen molar-refractivity contribution in [1.29, 1.82) is 0 Å². The number of nitrogens with zero attached hydrogens (tertiary/aromatic N) is 2. The van der Waals surface area contributed by atoms with Crippen LogP contribution < -0.4 is 9.80 Å². The summed E-state index contributed by atoms with van der Waals surface area (Å²) < 4.78 is 14.6. The average molecular weight is 1010 g/mol. The van der Waals surface area contributed by atoms with Crippen LogP contribution in [0.1, 0.15) is 72.9 Å². The molecule has 0 spiro atoms. The van der Waals surface area contributed by atoms with Crippen LogP contribution >= 0.6 is 0 Å². The number of hydrogen-bond acceptors (Lipinski definition) is 4. The Labute approximate surface area is 455 Å². The van der Waals surface area contributed by atoms with Crippen LogP contribution in [0.5, 0.6) is 0 Å². The van der Waals surface area contributed by atoms with E-state index in [1.54, 1.807) is 0 Å². The first-order chi connectivity index (χ1) is 38.0. The number of para-hydroxylation sites is 4. The van der Waals surface area contributed by atoms with Crippen molar-refractivity contribution >= 4 is 110 Å². The van der Waals surface area contributed by atoms with Gasteiger partial charge in [-0.05, 0) is 143 Å². The molecule has 2 aromatic heterocycles. The van der Waals surface area contributed by atoms with Crippen molar-refractivity contribution in [2.24, 2.45) is 0 Å². The molecule has 0 fully saturated rings. The molecule has 0 saturated carbocycles. The van der Waals surface area contributed by atoms with Crippen LogP contribution in [0.3, 0.4) is 0 Å². The van der Waals surface area contributed by atoms with E-state index < -0.39 is 0 Å². The van der Waals surface area contributed by atoms with Gasteiger partial charge in [-0.3, -0.25) is 0 Å². The van der Waals surface area contributed by atoms with Gasteiger partial charge in [0, 0.05) is 54.8 Å². The van der Waals surface area contributed by atoms with Crippen molar-refractivity contribution in [2.45, 2.75) is 67.2 Å². The van der Waals surface area contributed by atoms with Crippen LogP contribution in [0.25, 0.3) is 98.4 Å². The second-order valence-corrected chi connectivity index (χ2v) is 22.2. The third-order valence-corrected chi connectivity index (χ3v) is 16.6. The van der Waals surface area contributed by atoms with Gasteiger partial charge in [0.2, 0.25) is 0 Å².